The molecular weight excluding hydrogens is 424 g/mol. The highest BCUT2D eigenvalue weighted by molar-refractivity contribution is 9.10. The number of hydrogen-bond donors (Lipinski definition) is 0. The van der Waals surface area contributed by atoms with Gasteiger partial charge in [0.1, 0.15) is 23.9 Å². The molecule has 0 aliphatic carbocycles. The summed E-state index contributed by atoms with van der Waals surface area (Å²) in [6.07, 6.45) is 3.15. The van der Waals surface area contributed by atoms with Crippen molar-refractivity contribution in [3.8, 4) is 5.75 Å². The molecule has 128 valence electrons. The third-order valence-electron chi connectivity index (χ3n) is 3.41. The molecule has 3 aromatic rings. The number of furan rings is 1. The van der Waals surface area contributed by atoms with Crippen molar-refractivity contribution in [3.63, 3.8) is 0 Å². The van der Waals surface area contributed by atoms with Crippen molar-refractivity contribution in [2.75, 3.05) is 0 Å². The molecule has 0 spiro atoms. The Morgan fingerprint density at radius 3 is 2.92 bits per heavy atom. The maximum absolute atomic E-state index is 12.0. The molecule has 0 unspecified atom stereocenters. The number of para-hydroxylation sites is 1. The lowest BCUT2D eigenvalue weighted by Gasteiger charge is -2.09. The first-order valence-corrected chi connectivity index (χ1v) is 9.51. The van der Waals surface area contributed by atoms with Crippen LogP contribution in [0.5, 0.6) is 5.75 Å². The molecule has 25 heavy (non-hydrogen) atoms. The summed E-state index contributed by atoms with van der Waals surface area (Å²) in [6, 6.07) is 11.0. The Hall–Kier alpha value is -1.82. The van der Waals surface area contributed by atoms with E-state index in [0.717, 1.165) is 10.0 Å². The lowest BCUT2D eigenvalue weighted by atomic mass is 10.2. The molecule has 0 radical (unpaired) electrons. The predicted molar refractivity (Wildman–Crippen MR) is 105 cm³/mol. The molecule has 0 saturated carbocycles. The number of ether oxygens (including phenoxy) is 1. The molecule has 1 aromatic carbocycles. The van der Waals surface area contributed by atoms with Gasteiger partial charge in [-0.3, -0.25) is 4.79 Å². The normalized spacial score (nSPS) is 11.2. The largest absolute Gasteiger partial charge is 0.484 e. The van der Waals surface area contributed by atoms with E-state index in [1.165, 1.54) is 17.4 Å². The van der Waals surface area contributed by atoms with Crippen LogP contribution in [0, 0.1) is 6.92 Å². The number of ketones is 1. The minimum absolute atomic E-state index is 0.0587. The van der Waals surface area contributed by atoms with Crippen molar-refractivity contribution in [1.29, 1.82) is 0 Å². The van der Waals surface area contributed by atoms with Crippen LogP contribution < -0.4 is 4.74 Å². The first kappa shape index (κ1) is 18.0. The molecule has 0 aliphatic heterocycles. The predicted octanol–water partition coefficient (Wildman–Crippen LogP) is 6.54. The van der Waals surface area contributed by atoms with Crippen molar-refractivity contribution >= 4 is 50.7 Å². The second kappa shape index (κ2) is 8.04. The first-order valence-electron chi connectivity index (χ1n) is 7.46. The van der Waals surface area contributed by atoms with Crippen molar-refractivity contribution < 1.29 is 13.9 Å². The number of rotatable bonds is 6. The van der Waals surface area contributed by atoms with Crippen LogP contribution in [-0.4, -0.2) is 5.78 Å². The van der Waals surface area contributed by atoms with Gasteiger partial charge in [0, 0.05) is 9.85 Å². The van der Waals surface area contributed by atoms with Gasteiger partial charge in [0.15, 0.2) is 5.78 Å². The van der Waals surface area contributed by atoms with Crippen LogP contribution in [0.1, 0.15) is 26.8 Å². The second-order valence-electron chi connectivity index (χ2n) is 5.31. The number of thiophene rings is 1. The van der Waals surface area contributed by atoms with Gasteiger partial charge in [-0.2, -0.15) is 0 Å². The van der Waals surface area contributed by atoms with E-state index in [0.29, 0.717) is 27.2 Å². The van der Waals surface area contributed by atoms with E-state index in [9.17, 15) is 4.79 Å². The molecule has 2 heterocycles. The summed E-state index contributed by atoms with van der Waals surface area (Å²) in [5.41, 5.74) is 0.965. The summed E-state index contributed by atoms with van der Waals surface area (Å²) in [5.74, 6) is 1.84. The number of allylic oxidation sites excluding steroid dienone is 1. The lowest BCUT2D eigenvalue weighted by molar-refractivity contribution is 0.105. The molecule has 0 N–H and O–H groups in total. The lowest BCUT2D eigenvalue weighted by Crippen LogP contribution is -1.96. The molecule has 6 heteroatoms. The van der Waals surface area contributed by atoms with Crippen LogP contribution in [-0.2, 0) is 6.61 Å². The number of hydrogen-bond acceptors (Lipinski definition) is 4. The molecule has 0 atom stereocenters. The highest BCUT2D eigenvalue weighted by atomic mass is 79.9. The Morgan fingerprint density at radius 1 is 1.36 bits per heavy atom. The van der Waals surface area contributed by atoms with E-state index >= 15 is 0 Å². The van der Waals surface area contributed by atoms with E-state index in [2.05, 4.69) is 15.9 Å². The topological polar surface area (TPSA) is 39.4 Å². The summed E-state index contributed by atoms with van der Waals surface area (Å²) in [5, 5.41) is 2.44. The van der Waals surface area contributed by atoms with E-state index in [1.807, 2.05) is 30.5 Å². The third-order valence-corrected chi connectivity index (χ3v) is 5.42. The van der Waals surface area contributed by atoms with Crippen LogP contribution in [0.25, 0.3) is 6.08 Å². The van der Waals surface area contributed by atoms with Gasteiger partial charge in [0.25, 0.3) is 0 Å². The van der Waals surface area contributed by atoms with Gasteiger partial charge in [-0.25, -0.2) is 0 Å². The summed E-state index contributed by atoms with van der Waals surface area (Å²) in [7, 11) is 0. The van der Waals surface area contributed by atoms with Crippen LogP contribution in [0.4, 0.5) is 0 Å². The van der Waals surface area contributed by atoms with Gasteiger partial charge in [0.05, 0.1) is 9.90 Å². The van der Waals surface area contributed by atoms with Gasteiger partial charge in [-0.05, 0) is 64.8 Å². The van der Waals surface area contributed by atoms with Crippen molar-refractivity contribution in [3.05, 3.63) is 79.3 Å². The van der Waals surface area contributed by atoms with Crippen LogP contribution in [0.3, 0.4) is 0 Å². The average Bonchev–Trinajstić information content (AvgIpc) is 3.21. The zero-order chi connectivity index (χ0) is 17.8. The maximum atomic E-state index is 12.0. The van der Waals surface area contributed by atoms with Crippen molar-refractivity contribution in [2.45, 2.75) is 13.5 Å². The van der Waals surface area contributed by atoms with E-state index in [4.69, 9.17) is 20.8 Å². The smallest absolute Gasteiger partial charge is 0.195 e. The Morgan fingerprint density at radius 2 is 2.20 bits per heavy atom. The summed E-state index contributed by atoms with van der Waals surface area (Å²) in [6.45, 7) is 2.20. The third kappa shape index (κ3) is 4.63. The number of carbonyl (C=O) groups excluding carboxylic acids is 1. The van der Waals surface area contributed by atoms with Gasteiger partial charge in [-0.15, -0.1) is 11.3 Å². The van der Waals surface area contributed by atoms with Gasteiger partial charge >= 0.3 is 0 Å². The first-order chi connectivity index (χ1) is 12.0. The molecule has 0 fully saturated rings. The average molecular weight is 438 g/mol. The molecule has 0 bridgehead atoms. The van der Waals surface area contributed by atoms with Gasteiger partial charge in [-0.1, -0.05) is 23.7 Å². The minimum Gasteiger partial charge on any atom is -0.484 e. The number of aryl methyl sites for hydroxylation is 1. The molecule has 3 nitrogen and oxygen atoms in total. The molecule has 0 amide bonds. The summed E-state index contributed by atoms with van der Waals surface area (Å²) >= 11 is 10.9. The van der Waals surface area contributed by atoms with Gasteiger partial charge < -0.3 is 9.15 Å². The standard InChI is InChI=1S/C19H14BrClO3S/c1-12-3-2-4-16(21)19(12)23-10-15-6-5-14(24-15)7-8-17(22)18-9-13(20)11-25-18/h2-9,11H,10H2,1H3/b8-7+. The number of benzene rings is 1. The summed E-state index contributed by atoms with van der Waals surface area (Å²) in [4.78, 5) is 12.7. The van der Waals surface area contributed by atoms with E-state index in [-0.39, 0.29) is 12.4 Å². The zero-order valence-corrected chi connectivity index (χ0v) is 16.5. The fraction of sp³-hybridized carbons (Fsp3) is 0.105. The van der Waals surface area contributed by atoms with Crippen LogP contribution >= 0.6 is 38.9 Å². The molecule has 3 rings (SSSR count). The molecule has 0 aliphatic rings. The Bertz CT molecular complexity index is 906. The Balaban J connectivity index is 1.62. The second-order valence-corrected chi connectivity index (χ2v) is 7.54. The fourth-order valence-electron chi connectivity index (χ4n) is 2.19. The Kier molecular flexibility index (Phi) is 5.78. The van der Waals surface area contributed by atoms with Crippen LogP contribution in [0.2, 0.25) is 5.02 Å². The van der Waals surface area contributed by atoms with E-state index in [1.54, 1.807) is 24.3 Å². The number of carbonyl (C=O) groups is 1. The molecular formula is C19H14BrClO3S. The highest BCUT2D eigenvalue weighted by Gasteiger charge is 2.08. The summed E-state index contributed by atoms with van der Waals surface area (Å²) < 4.78 is 12.3. The van der Waals surface area contributed by atoms with E-state index < -0.39 is 0 Å². The zero-order valence-electron chi connectivity index (χ0n) is 13.3. The minimum atomic E-state index is -0.0587. The maximum Gasteiger partial charge on any atom is 0.195 e. The number of halogens is 2. The SMILES string of the molecule is Cc1cccc(Cl)c1OCc1ccc(/C=C/C(=O)c2cc(Br)cs2)o1. The highest BCUT2D eigenvalue weighted by Crippen LogP contribution is 2.29. The Labute approximate surface area is 163 Å². The quantitative estimate of drug-likeness (QED) is 0.324. The van der Waals surface area contributed by atoms with Crippen molar-refractivity contribution in [1.82, 2.24) is 0 Å². The fourth-order valence-corrected chi connectivity index (χ4v) is 3.81. The van der Waals surface area contributed by atoms with Crippen LogP contribution in [0.15, 0.2) is 56.7 Å². The van der Waals surface area contributed by atoms with Crippen molar-refractivity contribution in [2.24, 2.45) is 0 Å². The van der Waals surface area contributed by atoms with Gasteiger partial charge in [0.2, 0.25) is 0 Å². The molecule has 0 saturated heterocycles. The molecule has 2 aromatic heterocycles. The monoisotopic (exact) mass is 436 g/mol.